The summed E-state index contributed by atoms with van der Waals surface area (Å²) in [5.74, 6) is 0. The SMILES string of the molecule is CN(Cc1ccc(Cl)s1)C(CN)c1cccnc1. The molecule has 0 aromatic carbocycles. The van der Waals surface area contributed by atoms with Gasteiger partial charge in [-0.25, -0.2) is 0 Å². The highest BCUT2D eigenvalue weighted by Crippen LogP contribution is 2.25. The van der Waals surface area contributed by atoms with Crippen LogP contribution in [0.4, 0.5) is 0 Å². The van der Waals surface area contributed by atoms with Crippen molar-refractivity contribution < 1.29 is 0 Å². The van der Waals surface area contributed by atoms with Gasteiger partial charge in [0.05, 0.1) is 4.34 Å². The number of thiophene rings is 1. The molecule has 0 bridgehead atoms. The summed E-state index contributed by atoms with van der Waals surface area (Å²) in [7, 11) is 2.07. The molecule has 0 radical (unpaired) electrons. The molecule has 0 aliphatic carbocycles. The van der Waals surface area contributed by atoms with E-state index in [1.165, 1.54) is 4.88 Å². The zero-order valence-corrected chi connectivity index (χ0v) is 11.8. The van der Waals surface area contributed by atoms with Crippen molar-refractivity contribution in [3.8, 4) is 0 Å². The number of halogens is 1. The molecule has 2 rings (SSSR count). The van der Waals surface area contributed by atoms with Crippen LogP contribution in [0, 0.1) is 0 Å². The first kappa shape index (κ1) is 13.5. The lowest BCUT2D eigenvalue weighted by Gasteiger charge is -2.26. The van der Waals surface area contributed by atoms with Crippen LogP contribution in [0.1, 0.15) is 16.5 Å². The summed E-state index contributed by atoms with van der Waals surface area (Å²) < 4.78 is 0.823. The molecule has 0 aliphatic rings. The summed E-state index contributed by atoms with van der Waals surface area (Å²) in [6, 6.07) is 8.16. The maximum absolute atomic E-state index is 5.94. The number of likely N-dealkylation sites (N-methyl/N-ethyl adjacent to an activating group) is 1. The average molecular weight is 282 g/mol. The molecule has 0 fully saturated rings. The number of pyridine rings is 1. The third-order valence-electron chi connectivity index (χ3n) is 2.86. The van der Waals surface area contributed by atoms with E-state index in [9.17, 15) is 0 Å². The van der Waals surface area contributed by atoms with E-state index in [4.69, 9.17) is 17.3 Å². The van der Waals surface area contributed by atoms with E-state index in [0.29, 0.717) is 6.54 Å². The monoisotopic (exact) mass is 281 g/mol. The first-order valence-corrected chi connectivity index (χ1v) is 6.94. The van der Waals surface area contributed by atoms with Crippen LogP contribution in [-0.2, 0) is 6.54 Å². The molecule has 2 N–H and O–H groups in total. The lowest BCUT2D eigenvalue weighted by molar-refractivity contribution is 0.243. The lowest BCUT2D eigenvalue weighted by Crippen LogP contribution is -2.30. The smallest absolute Gasteiger partial charge is 0.0931 e. The average Bonchev–Trinajstić information content (AvgIpc) is 2.77. The van der Waals surface area contributed by atoms with Crippen LogP contribution in [-0.4, -0.2) is 23.5 Å². The van der Waals surface area contributed by atoms with Crippen molar-refractivity contribution in [3.05, 3.63) is 51.4 Å². The highest BCUT2D eigenvalue weighted by molar-refractivity contribution is 7.16. The van der Waals surface area contributed by atoms with Crippen LogP contribution in [0.15, 0.2) is 36.7 Å². The van der Waals surface area contributed by atoms with E-state index in [-0.39, 0.29) is 6.04 Å². The van der Waals surface area contributed by atoms with Gasteiger partial charge in [0.25, 0.3) is 0 Å². The fraction of sp³-hybridized carbons (Fsp3) is 0.308. The molecule has 96 valence electrons. The molecule has 18 heavy (non-hydrogen) atoms. The predicted molar refractivity (Wildman–Crippen MR) is 76.8 cm³/mol. The maximum atomic E-state index is 5.94. The molecular formula is C13H16ClN3S. The fourth-order valence-corrected chi connectivity index (χ4v) is 3.09. The second kappa shape index (κ2) is 6.29. The van der Waals surface area contributed by atoms with Crippen LogP contribution in [0.25, 0.3) is 0 Å². The molecule has 1 unspecified atom stereocenters. The Balaban J connectivity index is 2.08. The normalized spacial score (nSPS) is 12.9. The van der Waals surface area contributed by atoms with Gasteiger partial charge in [0.1, 0.15) is 0 Å². The summed E-state index contributed by atoms with van der Waals surface area (Å²) in [6.07, 6.45) is 3.64. The van der Waals surface area contributed by atoms with E-state index in [1.807, 2.05) is 18.3 Å². The molecule has 0 amide bonds. The topological polar surface area (TPSA) is 42.1 Å². The predicted octanol–water partition coefficient (Wildman–Crippen LogP) is 2.93. The van der Waals surface area contributed by atoms with Gasteiger partial charge in [-0.2, -0.15) is 0 Å². The van der Waals surface area contributed by atoms with E-state index in [0.717, 1.165) is 16.4 Å². The molecule has 0 saturated heterocycles. The Bertz CT molecular complexity index is 486. The summed E-state index contributed by atoms with van der Waals surface area (Å²) in [4.78, 5) is 7.61. The quantitative estimate of drug-likeness (QED) is 0.916. The number of hydrogen-bond donors (Lipinski definition) is 1. The van der Waals surface area contributed by atoms with E-state index in [2.05, 4.69) is 29.1 Å². The summed E-state index contributed by atoms with van der Waals surface area (Å²) in [5, 5.41) is 0. The van der Waals surface area contributed by atoms with Crippen molar-refractivity contribution in [2.45, 2.75) is 12.6 Å². The number of nitrogens with two attached hydrogens (primary N) is 1. The van der Waals surface area contributed by atoms with Gasteiger partial charge in [0.15, 0.2) is 0 Å². The fourth-order valence-electron chi connectivity index (χ4n) is 1.94. The highest BCUT2D eigenvalue weighted by atomic mass is 35.5. The van der Waals surface area contributed by atoms with E-state index in [1.54, 1.807) is 17.5 Å². The zero-order chi connectivity index (χ0) is 13.0. The van der Waals surface area contributed by atoms with Gasteiger partial charge in [0.2, 0.25) is 0 Å². The minimum absolute atomic E-state index is 0.180. The largest absolute Gasteiger partial charge is 0.329 e. The van der Waals surface area contributed by atoms with Crippen molar-refractivity contribution in [3.63, 3.8) is 0 Å². The molecule has 0 aliphatic heterocycles. The standard InChI is InChI=1S/C13H16ClN3S/c1-17(9-11-4-5-13(14)18-11)12(7-15)10-3-2-6-16-8-10/h2-6,8,12H,7,9,15H2,1H3. The van der Waals surface area contributed by atoms with Gasteiger partial charge < -0.3 is 5.73 Å². The molecule has 0 saturated carbocycles. The van der Waals surface area contributed by atoms with Gasteiger partial charge in [-0.05, 0) is 30.8 Å². The van der Waals surface area contributed by atoms with Crippen molar-refractivity contribution in [1.82, 2.24) is 9.88 Å². The lowest BCUT2D eigenvalue weighted by atomic mass is 10.1. The Hall–Kier alpha value is -0.940. The number of nitrogens with zero attached hydrogens (tertiary/aromatic N) is 2. The van der Waals surface area contributed by atoms with Crippen LogP contribution in [0.5, 0.6) is 0 Å². The van der Waals surface area contributed by atoms with Crippen molar-refractivity contribution in [2.24, 2.45) is 5.73 Å². The van der Waals surface area contributed by atoms with Crippen LogP contribution >= 0.6 is 22.9 Å². The van der Waals surface area contributed by atoms with E-state index < -0.39 is 0 Å². The summed E-state index contributed by atoms with van der Waals surface area (Å²) in [6.45, 7) is 1.41. The third kappa shape index (κ3) is 3.29. The number of rotatable bonds is 5. The molecule has 1 atom stereocenters. The molecule has 5 heteroatoms. The molecular weight excluding hydrogens is 266 g/mol. The molecule has 3 nitrogen and oxygen atoms in total. The Morgan fingerprint density at radius 2 is 2.28 bits per heavy atom. The van der Waals surface area contributed by atoms with Gasteiger partial charge in [0, 0.05) is 36.4 Å². The second-order valence-corrected chi connectivity index (χ2v) is 5.96. The molecule has 2 aromatic heterocycles. The third-order valence-corrected chi connectivity index (χ3v) is 4.07. The summed E-state index contributed by atoms with van der Waals surface area (Å²) in [5.41, 5.74) is 7.02. The Morgan fingerprint density at radius 1 is 1.44 bits per heavy atom. The second-order valence-electron chi connectivity index (χ2n) is 4.16. The Kier molecular flexibility index (Phi) is 4.72. The molecule has 2 heterocycles. The van der Waals surface area contributed by atoms with Crippen molar-refractivity contribution >= 4 is 22.9 Å². The number of aromatic nitrogens is 1. The minimum atomic E-state index is 0.180. The van der Waals surface area contributed by atoms with Gasteiger partial charge in [-0.3, -0.25) is 9.88 Å². The number of hydrogen-bond acceptors (Lipinski definition) is 4. The molecule has 0 spiro atoms. The molecule has 2 aromatic rings. The maximum Gasteiger partial charge on any atom is 0.0931 e. The van der Waals surface area contributed by atoms with Crippen LogP contribution in [0.3, 0.4) is 0 Å². The van der Waals surface area contributed by atoms with E-state index >= 15 is 0 Å². The Labute approximate surface area is 116 Å². The minimum Gasteiger partial charge on any atom is -0.329 e. The summed E-state index contributed by atoms with van der Waals surface area (Å²) >= 11 is 7.55. The van der Waals surface area contributed by atoms with Gasteiger partial charge >= 0.3 is 0 Å². The van der Waals surface area contributed by atoms with Crippen LogP contribution in [0.2, 0.25) is 4.34 Å². The van der Waals surface area contributed by atoms with Gasteiger partial charge in [-0.1, -0.05) is 17.7 Å². The van der Waals surface area contributed by atoms with Crippen molar-refractivity contribution in [1.29, 1.82) is 0 Å². The zero-order valence-electron chi connectivity index (χ0n) is 10.2. The first-order chi connectivity index (χ1) is 8.70. The van der Waals surface area contributed by atoms with Crippen LogP contribution < -0.4 is 5.73 Å². The van der Waals surface area contributed by atoms with Gasteiger partial charge in [-0.15, -0.1) is 11.3 Å². The highest BCUT2D eigenvalue weighted by Gasteiger charge is 2.16. The Morgan fingerprint density at radius 3 is 2.83 bits per heavy atom. The first-order valence-electron chi connectivity index (χ1n) is 5.75. The van der Waals surface area contributed by atoms with Crippen molar-refractivity contribution in [2.75, 3.05) is 13.6 Å².